The number of benzene rings is 3. The maximum absolute atomic E-state index is 14.1. The van der Waals surface area contributed by atoms with Crippen LogP contribution in [0.25, 0.3) is 0 Å². The molecule has 0 saturated heterocycles. The number of halogens is 2. The topological polar surface area (TPSA) is 83.8 Å². The summed E-state index contributed by atoms with van der Waals surface area (Å²) in [5.41, 5.74) is -1.63. The highest BCUT2D eigenvalue weighted by atomic mass is 32.2. The third kappa shape index (κ3) is 2.48. The minimum Gasteiger partial charge on any atom is -0.505 e. The summed E-state index contributed by atoms with van der Waals surface area (Å²) in [6, 6.07) is 12.4. The third-order valence-corrected chi connectivity index (χ3v) is 5.84. The predicted molar refractivity (Wildman–Crippen MR) is 90.7 cm³/mol. The van der Waals surface area contributed by atoms with Gasteiger partial charge in [-0.3, -0.25) is 0 Å². The van der Waals surface area contributed by atoms with E-state index >= 15 is 0 Å². The van der Waals surface area contributed by atoms with Crippen LogP contribution in [0.4, 0.5) is 8.78 Å². The molecule has 0 unspecified atom stereocenters. The fourth-order valence-electron chi connectivity index (χ4n) is 3.26. The van der Waals surface area contributed by atoms with Crippen molar-refractivity contribution in [2.45, 2.75) is 10.5 Å². The Balaban J connectivity index is 2.12. The van der Waals surface area contributed by atoms with E-state index in [4.69, 9.17) is 4.18 Å². The summed E-state index contributed by atoms with van der Waals surface area (Å²) < 4.78 is 58.8. The first-order valence-corrected chi connectivity index (χ1v) is 9.20. The number of hydrogen-bond donors (Lipinski definition) is 2. The van der Waals surface area contributed by atoms with Crippen molar-refractivity contribution >= 4 is 10.1 Å². The van der Waals surface area contributed by atoms with E-state index in [0.29, 0.717) is 0 Å². The molecule has 0 aromatic heterocycles. The minimum absolute atomic E-state index is 0.0383. The molecule has 0 aliphatic carbocycles. The molecule has 0 fully saturated rings. The van der Waals surface area contributed by atoms with E-state index < -0.39 is 38.9 Å². The van der Waals surface area contributed by atoms with Gasteiger partial charge in [-0.15, -0.1) is 0 Å². The monoisotopic (exact) mass is 388 g/mol. The van der Waals surface area contributed by atoms with Crippen molar-refractivity contribution in [2.24, 2.45) is 0 Å². The summed E-state index contributed by atoms with van der Waals surface area (Å²) in [5, 5.41) is 19.0. The van der Waals surface area contributed by atoms with Crippen molar-refractivity contribution < 1.29 is 31.6 Å². The summed E-state index contributed by atoms with van der Waals surface area (Å²) in [7, 11) is -4.23. The Bertz CT molecular complexity index is 1120. The fourth-order valence-corrected chi connectivity index (χ4v) is 4.68. The van der Waals surface area contributed by atoms with Crippen LogP contribution in [0.2, 0.25) is 0 Å². The van der Waals surface area contributed by atoms with Crippen LogP contribution < -0.4 is 0 Å². The highest BCUT2D eigenvalue weighted by Gasteiger charge is 2.51. The van der Waals surface area contributed by atoms with Crippen molar-refractivity contribution in [2.75, 3.05) is 0 Å². The fraction of sp³-hybridized carbons (Fsp3) is 0.0526. The smallest absolute Gasteiger partial charge is 0.298 e. The number of hydrogen-bond acceptors (Lipinski definition) is 5. The average molecular weight is 388 g/mol. The van der Waals surface area contributed by atoms with E-state index in [2.05, 4.69) is 0 Å². The average Bonchev–Trinajstić information content (AvgIpc) is 2.89. The Kier molecular flexibility index (Phi) is 3.72. The van der Waals surface area contributed by atoms with Gasteiger partial charge in [0.1, 0.15) is 4.90 Å². The molecule has 0 amide bonds. The molecule has 5 nitrogen and oxygen atoms in total. The molecule has 0 atom stereocenters. The lowest BCUT2D eigenvalue weighted by Gasteiger charge is -2.29. The molecule has 138 valence electrons. The quantitative estimate of drug-likeness (QED) is 0.658. The molecule has 0 saturated carbocycles. The third-order valence-electron chi connectivity index (χ3n) is 4.48. The Morgan fingerprint density at radius 1 is 0.815 bits per heavy atom. The zero-order valence-electron chi connectivity index (χ0n) is 13.6. The standard InChI is InChI=1S/C19H12F2O5S/c20-14-9-11(5-7-16(14)22)19(12-6-8-17(23)15(21)10-12)13-3-1-2-4-18(13)27(24,25)26-19/h1-10,22-23H/i20-1,21-1. The van der Waals surface area contributed by atoms with Gasteiger partial charge in [-0.25, -0.2) is 13.0 Å². The van der Waals surface area contributed by atoms with E-state index in [1.165, 1.54) is 30.3 Å². The van der Waals surface area contributed by atoms with Gasteiger partial charge in [0.2, 0.25) is 0 Å². The highest BCUT2D eigenvalue weighted by Crippen LogP contribution is 2.50. The summed E-state index contributed by atoms with van der Waals surface area (Å²) in [4.78, 5) is -0.132. The molecule has 2 N–H and O–H groups in total. The maximum atomic E-state index is 14.1. The summed E-state index contributed by atoms with van der Waals surface area (Å²) >= 11 is 0. The van der Waals surface area contributed by atoms with Crippen molar-refractivity contribution in [1.82, 2.24) is 0 Å². The molecule has 8 heteroatoms. The van der Waals surface area contributed by atoms with Crippen LogP contribution in [-0.2, 0) is 19.9 Å². The minimum atomic E-state index is -4.23. The summed E-state index contributed by atoms with van der Waals surface area (Å²) in [6.07, 6.45) is 0. The lowest BCUT2D eigenvalue weighted by Crippen LogP contribution is -2.29. The molecule has 0 spiro atoms. The Labute approximate surface area is 153 Å². The van der Waals surface area contributed by atoms with Gasteiger partial charge in [0.05, 0.1) is 0 Å². The second-order valence-electron chi connectivity index (χ2n) is 6.05. The number of rotatable bonds is 2. The van der Waals surface area contributed by atoms with E-state index in [1.54, 1.807) is 6.07 Å². The lowest BCUT2D eigenvalue weighted by molar-refractivity contribution is 0.179. The molecule has 0 bridgehead atoms. The molecule has 1 heterocycles. The van der Waals surface area contributed by atoms with Crippen LogP contribution in [0.15, 0.2) is 65.6 Å². The molecule has 27 heavy (non-hydrogen) atoms. The van der Waals surface area contributed by atoms with Gasteiger partial charge in [-0.1, -0.05) is 30.3 Å². The number of phenols is 2. The Hall–Kier alpha value is -2.97. The molecule has 3 aromatic carbocycles. The lowest BCUT2D eigenvalue weighted by atomic mass is 9.80. The predicted octanol–water partition coefficient (Wildman–Crippen LogP) is 3.39. The van der Waals surface area contributed by atoms with Crippen LogP contribution in [0.3, 0.4) is 0 Å². The molecule has 1 aliphatic heterocycles. The second-order valence-corrected chi connectivity index (χ2v) is 7.56. The van der Waals surface area contributed by atoms with Gasteiger partial charge >= 0.3 is 0 Å². The van der Waals surface area contributed by atoms with Gasteiger partial charge < -0.3 is 10.2 Å². The molecule has 4 rings (SSSR count). The molecule has 3 aromatic rings. The van der Waals surface area contributed by atoms with Crippen molar-refractivity contribution in [3.8, 4) is 11.5 Å². The first kappa shape index (κ1) is 17.4. The van der Waals surface area contributed by atoms with Gasteiger partial charge in [0.15, 0.2) is 28.7 Å². The van der Waals surface area contributed by atoms with E-state index in [1.807, 2.05) is 0 Å². The number of fused-ring (bicyclic) bond motifs is 1. The molecule has 0 radical (unpaired) electrons. The largest absolute Gasteiger partial charge is 0.505 e. The zero-order chi connectivity index (χ0) is 19.4. The van der Waals surface area contributed by atoms with Crippen molar-refractivity contribution in [3.63, 3.8) is 0 Å². The first-order valence-electron chi connectivity index (χ1n) is 7.79. The Morgan fingerprint density at radius 3 is 1.85 bits per heavy atom. The molecule has 1 aliphatic rings. The SMILES string of the molecule is O=S1(=O)OC(c2ccc(O)c([18F])c2)(c2ccc(O)c([18F])c2)c2ccccc21. The van der Waals surface area contributed by atoms with Crippen molar-refractivity contribution in [1.29, 1.82) is 0 Å². The normalized spacial score (nSPS) is 16.8. The summed E-state index contributed by atoms with van der Waals surface area (Å²) in [5.74, 6) is -3.23. The molecular weight excluding hydrogens is 376 g/mol. The highest BCUT2D eigenvalue weighted by molar-refractivity contribution is 7.87. The number of aromatic hydroxyl groups is 2. The Morgan fingerprint density at radius 2 is 1.33 bits per heavy atom. The van der Waals surface area contributed by atoms with E-state index in [-0.39, 0.29) is 21.6 Å². The van der Waals surface area contributed by atoms with Gasteiger partial charge in [-0.2, -0.15) is 8.42 Å². The molecular formula is C19H12F2O5S. The van der Waals surface area contributed by atoms with Crippen molar-refractivity contribution in [3.05, 3.63) is 89.0 Å². The van der Waals surface area contributed by atoms with Crippen LogP contribution in [0, 0.1) is 11.6 Å². The van der Waals surface area contributed by atoms with Crippen LogP contribution in [0.1, 0.15) is 16.7 Å². The van der Waals surface area contributed by atoms with Gasteiger partial charge in [0.25, 0.3) is 10.1 Å². The first-order chi connectivity index (χ1) is 12.8. The van der Waals surface area contributed by atoms with Crippen LogP contribution in [0.5, 0.6) is 11.5 Å². The van der Waals surface area contributed by atoms with Gasteiger partial charge in [0, 0.05) is 5.56 Å². The van der Waals surface area contributed by atoms with E-state index in [0.717, 1.165) is 24.3 Å². The maximum Gasteiger partial charge on any atom is 0.298 e. The summed E-state index contributed by atoms with van der Waals surface area (Å²) in [6.45, 7) is 0. The second kappa shape index (κ2) is 5.77. The zero-order valence-corrected chi connectivity index (χ0v) is 14.4. The van der Waals surface area contributed by atoms with Crippen LogP contribution >= 0.6 is 0 Å². The van der Waals surface area contributed by atoms with Crippen LogP contribution in [-0.4, -0.2) is 18.6 Å². The van der Waals surface area contributed by atoms with E-state index in [9.17, 15) is 27.4 Å². The number of phenolic OH excluding ortho intramolecular Hbond substituents is 2. The van der Waals surface area contributed by atoms with Gasteiger partial charge in [-0.05, 0) is 41.5 Å².